The standard InChI is InChI=1S/C15H17BrN2O/c1-11-7-15(8-11,10-17)14(19)18(2)9-12-4-3-5-13(16)6-12/h3-6,11H,7-9H2,1-2H3. The molecule has 2 rings (SSSR count). The topological polar surface area (TPSA) is 44.1 Å². The van der Waals surface area contributed by atoms with Crippen LogP contribution in [0.4, 0.5) is 0 Å². The van der Waals surface area contributed by atoms with E-state index in [0.717, 1.165) is 10.0 Å². The fraction of sp³-hybridized carbons (Fsp3) is 0.467. The summed E-state index contributed by atoms with van der Waals surface area (Å²) in [5.74, 6) is 0.427. The van der Waals surface area contributed by atoms with E-state index >= 15 is 0 Å². The van der Waals surface area contributed by atoms with E-state index in [-0.39, 0.29) is 5.91 Å². The number of benzene rings is 1. The summed E-state index contributed by atoms with van der Waals surface area (Å²) in [6.07, 6.45) is 1.37. The molecule has 3 nitrogen and oxygen atoms in total. The van der Waals surface area contributed by atoms with Crippen molar-refractivity contribution in [1.29, 1.82) is 5.26 Å². The first-order chi connectivity index (χ1) is 8.97. The van der Waals surface area contributed by atoms with Gasteiger partial charge in [-0.1, -0.05) is 35.0 Å². The van der Waals surface area contributed by atoms with Crippen LogP contribution < -0.4 is 0 Å². The molecule has 4 heteroatoms. The maximum atomic E-state index is 12.4. The van der Waals surface area contributed by atoms with Gasteiger partial charge in [-0.3, -0.25) is 4.79 Å². The summed E-state index contributed by atoms with van der Waals surface area (Å²) in [5.41, 5.74) is 0.283. The number of nitriles is 1. The van der Waals surface area contributed by atoms with Crippen molar-refractivity contribution in [3.05, 3.63) is 34.3 Å². The molecule has 0 bridgehead atoms. The minimum absolute atomic E-state index is 0.0481. The Morgan fingerprint density at radius 1 is 1.58 bits per heavy atom. The predicted octanol–water partition coefficient (Wildman–Crippen LogP) is 3.35. The molecule has 1 saturated carbocycles. The second kappa shape index (κ2) is 5.34. The molecule has 0 saturated heterocycles. The van der Waals surface area contributed by atoms with Crippen LogP contribution in [0, 0.1) is 22.7 Å². The molecule has 0 radical (unpaired) electrons. The van der Waals surface area contributed by atoms with Crippen LogP contribution in [-0.4, -0.2) is 17.9 Å². The lowest BCUT2D eigenvalue weighted by atomic mass is 9.63. The molecule has 1 aromatic rings. The summed E-state index contributed by atoms with van der Waals surface area (Å²) in [4.78, 5) is 14.1. The summed E-state index contributed by atoms with van der Waals surface area (Å²) >= 11 is 3.42. The molecule has 0 aromatic heterocycles. The second-order valence-corrected chi connectivity index (χ2v) is 6.41. The van der Waals surface area contributed by atoms with Crippen LogP contribution >= 0.6 is 15.9 Å². The minimum atomic E-state index is -0.778. The van der Waals surface area contributed by atoms with Crippen molar-refractivity contribution < 1.29 is 4.79 Å². The Morgan fingerprint density at radius 2 is 2.26 bits per heavy atom. The predicted molar refractivity (Wildman–Crippen MR) is 77.1 cm³/mol. The van der Waals surface area contributed by atoms with Gasteiger partial charge in [-0.2, -0.15) is 5.26 Å². The van der Waals surface area contributed by atoms with Gasteiger partial charge in [0.05, 0.1) is 6.07 Å². The molecule has 1 aliphatic carbocycles. The van der Waals surface area contributed by atoms with Crippen LogP contribution in [0.15, 0.2) is 28.7 Å². The van der Waals surface area contributed by atoms with E-state index in [4.69, 9.17) is 0 Å². The van der Waals surface area contributed by atoms with Crippen molar-refractivity contribution in [2.75, 3.05) is 7.05 Å². The molecular weight excluding hydrogens is 304 g/mol. The van der Waals surface area contributed by atoms with E-state index in [1.165, 1.54) is 0 Å². The minimum Gasteiger partial charge on any atom is -0.340 e. The Kier molecular flexibility index (Phi) is 3.96. The number of carbonyl (C=O) groups excluding carboxylic acids is 1. The summed E-state index contributed by atoms with van der Waals surface area (Å²) in [6.45, 7) is 2.62. The van der Waals surface area contributed by atoms with Gasteiger partial charge in [0.25, 0.3) is 0 Å². The molecule has 1 aromatic carbocycles. The van der Waals surface area contributed by atoms with Crippen molar-refractivity contribution in [2.45, 2.75) is 26.3 Å². The molecule has 0 N–H and O–H groups in total. The van der Waals surface area contributed by atoms with Gasteiger partial charge in [0, 0.05) is 18.1 Å². The highest BCUT2D eigenvalue weighted by Gasteiger charge is 2.50. The number of rotatable bonds is 3. The van der Waals surface area contributed by atoms with Gasteiger partial charge >= 0.3 is 0 Å². The number of amides is 1. The molecule has 1 aliphatic rings. The molecule has 0 unspecified atom stereocenters. The Bertz CT molecular complexity index is 529. The number of carbonyl (C=O) groups is 1. The Hall–Kier alpha value is -1.34. The van der Waals surface area contributed by atoms with Gasteiger partial charge in [-0.15, -0.1) is 0 Å². The Labute approximate surface area is 122 Å². The summed E-state index contributed by atoms with van der Waals surface area (Å²) < 4.78 is 0.998. The fourth-order valence-electron chi connectivity index (χ4n) is 2.79. The third kappa shape index (κ3) is 2.82. The maximum Gasteiger partial charge on any atom is 0.243 e. The first kappa shape index (κ1) is 14.1. The maximum absolute atomic E-state index is 12.4. The molecule has 0 atom stereocenters. The van der Waals surface area contributed by atoms with Crippen molar-refractivity contribution in [3.63, 3.8) is 0 Å². The zero-order valence-corrected chi connectivity index (χ0v) is 12.8. The smallest absolute Gasteiger partial charge is 0.243 e. The first-order valence-corrected chi connectivity index (χ1v) is 7.17. The zero-order chi connectivity index (χ0) is 14.0. The van der Waals surface area contributed by atoms with Gasteiger partial charge in [0.15, 0.2) is 0 Å². The van der Waals surface area contributed by atoms with Crippen LogP contribution in [0.2, 0.25) is 0 Å². The molecular formula is C15H17BrN2O. The molecule has 0 spiro atoms. The summed E-state index contributed by atoms with van der Waals surface area (Å²) in [7, 11) is 1.77. The van der Waals surface area contributed by atoms with E-state index < -0.39 is 5.41 Å². The lowest BCUT2D eigenvalue weighted by Gasteiger charge is -2.41. The summed E-state index contributed by atoms with van der Waals surface area (Å²) in [5, 5.41) is 9.28. The highest BCUT2D eigenvalue weighted by Crippen LogP contribution is 2.46. The van der Waals surface area contributed by atoms with Gasteiger partial charge in [0.2, 0.25) is 5.91 Å². The van der Waals surface area contributed by atoms with E-state index in [1.807, 2.05) is 24.3 Å². The average Bonchev–Trinajstić information content (AvgIpc) is 2.34. The molecule has 100 valence electrons. The second-order valence-electron chi connectivity index (χ2n) is 5.50. The molecule has 0 heterocycles. The van der Waals surface area contributed by atoms with Crippen LogP contribution in [0.3, 0.4) is 0 Å². The van der Waals surface area contributed by atoms with Crippen LogP contribution in [0.25, 0.3) is 0 Å². The fourth-order valence-corrected chi connectivity index (χ4v) is 3.24. The molecule has 19 heavy (non-hydrogen) atoms. The van der Waals surface area contributed by atoms with Gasteiger partial charge in [-0.05, 0) is 36.5 Å². The lowest BCUT2D eigenvalue weighted by molar-refractivity contribution is -0.144. The normalized spacial score (nSPS) is 25.3. The summed E-state index contributed by atoms with van der Waals surface area (Å²) in [6, 6.07) is 10.1. The Morgan fingerprint density at radius 3 is 2.79 bits per heavy atom. The van der Waals surface area contributed by atoms with Crippen LogP contribution in [0.1, 0.15) is 25.3 Å². The third-order valence-corrected chi connectivity index (χ3v) is 4.17. The lowest BCUT2D eigenvalue weighted by Crippen LogP contribution is -2.48. The zero-order valence-electron chi connectivity index (χ0n) is 11.2. The average molecular weight is 321 g/mol. The number of halogens is 1. The highest BCUT2D eigenvalue weighted by molar-refractivity contribution is 9.10. The van der Waals surface area contributed by atoms with Gasteiger partial charge in [-0.25, -0.2) is 0 Å². The number of hydrogen-bond acceptors (Lipinski definition) is 2. The van der Waals surface area contributed by atoms with Gasteiger partial charge < -0.3 is 4.90 Å². The third-order valence-electron chi connectivity index (χ3n) is 3.67. The Balaban J connectivity index is 2.06. The monoisotopic (exact) mass is 320 g/mol. The largest absolute Gasteiger partial charge is 0.340 e. The van der Waals surface area contributed by atoms with E-state index in [2.05, 4.69) is 28.9 Å². The van der Waals surface area contributed by atoms with Crippen molar-refractivity contribution in [2.24, 2.45) is 11.3 Å². The molecule has 1 amide bonds. The van der Waals surface area contributed by atoms with Crippen molar-refractivity contribution in [1.82, 2.24) is 4.90 Å². The number of hydrogen-bond donors (Lipinski definition) is 0. The number of nitrogens with zero attached hydrogens (tertiary/aromatic N) is 2. The van der Waals surface area contributed by atoms with Crippen LogP contribution in [0.5, 0.6) is 0 Å². The van der Waals surface area contributed by atoms with Crippen molar-refractivity contribution >= 4 is 21.8 Å². The van der Waals surface area contributed by atoms with E-state index in [0.29, 0.717) is 25.3 Å². The SMILES string of the molecule is CC1CC(C#N)(C(=O)N(C)Cc2cccc(Br)c2)C1. The molecule has 1 fully saturated rings. The van der Waals surface area contributed by atoms with Gasteiger partial charge in [0.1, 0.15) is 5.41 Å². The van der Waals surface area contributed by atoms with E-state index in [9.17, 15) is 10.1 Å². The first-order valence-electron chi connectivity index (χ1n) is 6.38. The highest BCUT2D eigenvalue weighted by atomic mass is 79.9. The van der Waals surface area contributed by atoms with Crippen molar-refractivity contribution in [3.8, 4) is 6.07 Å². The quantitative estimate of drug-likeness (QED) is 0.857. The molecule has 0 aliphatic heterocycles. The van der Waals surface area contributed by atoms with E-state index in [1.54, 1.807) is 11.9 Å². The van der Waals surface area contributed by atoms with Crippen LogP contribution in [-0.2, 0) is 11.3 Å².